The van der Waals surface area contributed by atoms with Crippen LogP contribution in [0.15, 0.2) is 61.1 Å². The summed E-state index contributed by atoms with van der Waals surface area (Å²) in [4.78, 5) is 31.3. The molecular formula is C35H41F4N7O3. The summed E-state index contributed by atoms with van der Waals surface area (Å²) in [7, 11) is 0. The van der Waals surface area contributed by atoms with Gasteiger partial charge in [0, 0.05) is 49.9 Å². The maximum atomic E-state index is 14.2. The lowest BCUT2D eigenvalue weighted by atomic mass is 9.79. The number of hydrogen-bond acceptors (Lipinski definition) is 6. The summed E-state index contributed by atoms with van der Waals surface area (Å²) >= 11 is 0. The number of rotatable bonds is 13. The summed E-state index contributed by atoms with van der Waals surface area (Å²) < 4.78 is 64.3. The highest BCUT2D eigenvalue weighted by Gasteiger charge is 2.46. The molecule has 2 aliphatic carbocycles. The molecule has 0 radical (unpaired) electrons. The van der Waals surface area contributed by atoms with E-state index in [9.17, 15) is 27.2 Å². The number of fused-ring (bicyclic) bond motifs is 1. The zero-order valence-electron chi connectivity index (χ0n) is 27.5. The predicted octanol–water partition coefficient (Wildman–Crippen LogP) is 6.61. The number of carbonyl (C=O) groups is 2. The third-order valence-electron chi connectivity index (χ3n) is 9.37. The Morgan fingerprint density at radius 3 is 2.43 bits per heavy atom. The number of halogens is 4. The number of nitrogens with one attached hydrogen (secondary N) is 2. The lowest BCUT2D eigenvalue weighted by molar-refractivity contribution is -0.134. The minimum Gasteiger partial charge on any atom is -0.374 e. The third-order valence-corrected chi connectivity index (χ3v) is 9.37. The number of nitrogens with zero attached hydrogens (tertiary/aromatic N) is 5. The van der Waals surface area contributed by atoms with E-state index in [1.165, 1.54) is 4.52 Å². The fraction of sp³-hybridized carbons (Fsp3) is 0.514. The first-order valence-electron chi connectivity index (χ1n) is 16.7. The highest BCUT2D eigenvalue weighted by Crippen LogP contribution is 2.44. The second kappa shape index (κ2) is 14.3. The van der Waals surface area contributed by atoms with Gasteiger partial charge in [0.1, 0.15) is 5.69 Å². The average Bonchev–Trinajstić information content (AvgIpc) is 3.71. The van der Waals surface area contributed by atoms with Crippen LogP contribution in [-0.2, 0) is 16.1 Å². The van der Waals surface area contributed by atoms with Gasteiger partial charge in [0.05, 0.1) is 43.4 Å². The number of imidazole rings is 1. The van der Waals surface area contributed by atoms with E-state index in [2.05, 4.69) is 20.8 Å². The summed E-state index contributed by atoms with van der Waals surface area (Å²) in [5, 5.41) is 14.8. The van der Waals surface area contributed by atoms with E-state index in [0.717, 1.165) is 5.56 Å². The Kier molecular flexibility index (Phi) is 10.0. The van der Waals surface area contributed by atoms with Crippen molar-refractivity contribution < 1.29 is 31.9 Å². The Labute approximate surface area is 281 Å². The molecule has 3 aromatic heterocycles. The number of hydrogen-bond donors (Lipinski definition) is 2. The largest absolute Gasteiger partial charge is 0.374 e. The van der Waals surface area contributed by atoms with Gasteiger partial charge in [-0.15, -0.1) is 0 Å². The van der Waals surface area contributed by atoms with Gasteiger partial charge in [-0.1, -0.05) is 30.3 Å². The average molecular weight is 684 g/mol. The summed E-state index contributed by atoms with van der Waals surface area (Å²) in [5.41, 5.74) is 2.77. The molecule has 2 fully saturated rings. The first-order valence-corrected chi connectivity index (χ1v) is 16.7. The normalized spacial score (nSPS) is 19.0. The molecule has 3 heterocycles. The quantitative estimate of drug-likeness (QED) is 0.153. The van der Waals surface area contributed by atoms with Gasteiger partial charge in [-0.2, -0.15) is 10.2 Å². The molecule has 1 aromatic carbocycles. The molecule has 2 atom stereocenters. The van der Waals surface area contributed by atoms with Crippen LogP contribution >= 0.6 is 0 Å². The standard InChI is InChI=1S/C35H41F4N7O3/c1-22(2)46-29(10-13-40-46)33(48)44-32(25-8-11-34(36,37)12-9-25)27-19-45-30(42-27)15-26(18-41-45)28(21-49-20-23-6-4-3-5-7-23)43-31(47)14-24-16-35(38,39)17-24/h3-7,10,13,15,18-19,22,24-25,28,32H,8-9,11-12,14,16-17,20-21H2,1-2H3,(H,43,47)(H,44,48)/t28-,32+/m1/s1. The van der Waals surface area contributed by atoms with Gasteiger partial charge in [0.15, 0.2) is 5.65 Å². The molecule has 4 aromatic rings. The fourth-order valence-corrected chi connectivity index (χ4v) is 6.73. The van der Waals surface area contributed by atoms with E-state index in [1.807, 2.05) is 44.2 Å². The molecule has 10 nitrogen and oxygen atoms in total. The lowest BCUT2D eigenvalue weighted by Gasteiger charge is -2.34. The molecule has 6 rings (SSSR count). The van der Waals surface area contributed by atoms with Crippen molar-refractivity contribution in [3.8, 4) is 0 Å². The van der Waals surface area contributed by atoms with Gasteiger partial charge in [-0.3, -0.25) is 14.3 Å². The van der Waals surface area contributed by atoms with E-state index < -0.39 is 23.9 Å². The van der Waals surface area contributed by atoms with Crippen LogP contribution in [-0.4, -0.2) is 54.6 Å². The lowest BCUT2D eigenvalue weighted by Crippen LogP contribution is -2.40. The third kappa shape index (κ3) is 8.46. The monoisotopic (exact) mass is 683 g/mol. The van der Waals surface area contributed by atoms with Gasteiger partial charge in [-0.25, -0.2) is 27.1 Å². The number of amides is 2. The van der Waals surface area contributed by atoms with Crippen LogP contribution in [0.5, 0.6) is 0 Å². The summed E-state index contributed by atoms with van der Waals surface area (Å²) in [6.45, 7) is 4.20. The van der Waals surface area contributed by atoms with Crippen molar-refractivity contribution in [3.63, 3.8) is 0 Å². The highest BCUT2D eigenvalue weighted by molar-refractivity contribution is 5.92. The molecule has 0 unspecified atom stereocenters. The van der Waals surface area contributed by atoms with Crippen LogP contribution in [0, 0.1) is 11.8 Å². The SMILES string of the molecule is CC(C)n1nccc1C(=O)N[C@H](c1cn2ncc([C@@H](COCc3ccccc3)NC(=O)CC3CC(F)(F)C3)cc2n1)C1CCC(F)(F)CC1. The molecule has 2 aliphatic rings. The highest BCUT2D eigenvalue weighted by atomic mass is 19.3. The van der Waals surface area contributed by atoms with E-state index in [4.69, 9.17) is 9.72 Å². The van der Waals surface area contributed by atoms with Crippen molar-refractivity contribution in [2.24, 2.45) is 11.8 Å². The predicted molar refractivity (Wildman–Crippen MR) is 172 cm³/mol. The molecule has 2 amide bonds. The van der Waals surface area contributed by atoms with E-state index in [1.54, 1.807) is 35.4 Å². The van der Waals surface area contributed by atoms with Crippen LogP contribution in [0.3, 0.4) is 0 Å². The molecule has 2 saturated carbocycles. The van der Waals surface area contributed by atoms with Gasteiger partial charge in [0.2, 0.25) is 17.8 Å². The van der Waals surface area contributed by atoms with Gasteiger partial charge in [0.25, 0.3) is 5.91 Å². The molecule has 262 valence electrons. The molecule has 2 N–H and O–H groups in total. The molecule has 0 saturated heterocycles. The number of ether oxygens (including phenoxy) is 1. The van der Waals surface area contributed by atoms with Crippen LogP contribution in [0.2, 0.25) is 0 Å². The van der Waals surface area contributed by atoms with Crippen molar-refractivity contribution in [2.75, 3.05) is 6.61 Å². The van der Waals surface area contributed by atoms with Gasteiger partial charge < -0.3 is 15.4 Å². The maximum absolute atomic E-state index is 14.2. The molecule has 0 spiro atoms. The van der Waals surface area contributed by atoms with Crippen molar-refractivity contribution in [2.45, 2.75) is 95.4 Å². The number of benzene rings is 1. The van der Waals surface area contributed by atoms with Crippen molar-refractivity contribution >= 4 is 17.5 Å². The van der Waals surface area contributed by atoms with E-state index in [0.29, 0.717) is 29.2 Å². The second-order valence-corrected chi connectivity index (χ2v) is 13.6. The van der Waals surface area contributed by atoms with Gasteiger partial charge in [-0.05, 0) is 56.2 Å². The summed E-state index contributed by atoms with van der Waals surface area (Å²) in [6.07, 6.45) is 3.98. The Balaban J connectivity index is 1.24. The minimum absolute atomic E-state index is 0.0223. The second-order valence-electron chi connectivity index (χ2n) is 13.6. The zero-order chi connectivity index (χ0) is 34.8. The molecule has 0 aliphatic heterocycles. The van der Waals surface area contributed by atoms with Crippen molar-refractivity contribution in [1.29, 1.82) is 0 Å². The topological polar surface area (TPSA) is 115 Å². The molecular weight excluding hydrogens is 642 g/mol. The number of alkyl halides is 4. The Morgan fingerprint density at radius 1 is 1.00 bits per heavy atom. The Hall–Kier alpha value is -4.33. The van der Waals surface area contributed by atoms with Crippen LogP contribution < -0.4 is 10.6 Å². The molecule has 0 bridgehead atoms. The zero-order valence-corrected chi connectivity index (χ0v) is 27.5. The minimum atomic E-state index is -2.75. The van der Waals surface area contributed by atoms with Crippen LogP contribution in [0.25, 0.3) is 5.65 Å². The number of carbonyl (C=O) groups excluding carboxylic acids is 2. The van der Waals surface area contributed by atoms with E-state index in [-0.39, 0.29) is 81.2 Å². The van der Waals surface area contributed by atoms with Crippen molar-refractivity contribution in [3.05, 3.63) is 83.6 Å². The van der Waals surface area contributed by atoms with Gasteiger partial charge >= 0.3 is 0 Å². The molecule has 49 heavy (non-hydrogen) atoms. The van der Waals surface area contributed by atoms with Crippen LogP contribution in [0.4, 0.5) is 17.6 Å². The van der Waals surface area contributed by atoms with Crippen molar-refractivity contribution in [1.82, 2.24) is 35.0 Å². The first kappa shape index (κ1) is 34.5. The smallest absolute Gasteiger partial charge is 0.270 e. The van der Waals surface area contributed by atoms with Crippen LogP contribution in [0.1, 0.15) is 104 Å². The summed E-state index contributed by atoms with van der Waals surface area (Å²) in [6, 6.07) is 11.5. The summed E-state index contributed by atoms with van der Waals surface area (Å²) in [5.74, 6) is -6.90. The van der Waals surface area contributed by atoms with E-state index >= 15 is 0 Å². The fourth-order valence-electron chi connectivity index (χ4n) is 6.73. The molecule has 14 heteroatoms. The Bertz CT molecular complexity index is 1740. The number of aromatic nitrogens is 5. The Morgan fingerprint density at radius 2 is 1.73 bits per heavy atom. The maximum Gasteiger partial charge on any atom is 0.270 e. The first-order chi connectivity index (χ1) is 23.4.